The lowest BCUT2D eigenvalue weighted by atomic mass is 10.1. The number of rotatable bonds is 10. The van der Waals surface area contributed by atoms with Crippen molar-refractivity contribution in [2.24, 2.45) is 0 Å². The van der Waals surface area contributed by atoms with E-state index in [9.17, 15) is 13.2 Å². The molecule has 6 aromatic rings. The average molecular weight is 635 g/mol. The van der Waals surface area contributed by atoms with Gasteiger partial charge in [0, 0.05) is 18.7 Å². The number of H-pyrrole nitrogens is 1. The predicted molar refractivity (Wildman–Crippen MR) is 163 cm³/mol. The number of nitrogen functional groups attached to an aromatic ring is 2. The highest BCUT2D eigenvalue weighted by molar-refractivity contribution is 5.90. The maximum atomic E-state index is 12.8. The number of hydrogen-bond donors (Lipinski definition) is 5. The second-order valence-corrected chi connectivity index (χ2v) is 10.8. The number of nitrogens with zero attached hydrogens (tertiary/aromatic N) is 10. The lowest BCUT2D eigenvalue weighted by Crippen LogP contribution is -2.32. The Morgan fingerprint density at radius 3 is 2.24 bits per heavy atom. The third kappa shape index (κ3) is 6.54. The van der Waals surface area contributed by atoms with Gasteiger partial charge >= 0.3 is 6.18 Å². The van der Waals surface area contributed by atoms with Crippen LogP contribution in [0.15, 0.2) is 30.9 Å². The van der Waals surface area contributed by atoms with Crippen LogP contribution in [0.2, 0.25) is 0 Å². The largest absolute Gasteiger partial charge is 0.453 e. The summed E-state index contributed by atoms with van der Waals surface area (Å²) < 4.78 is 42.4. The van der Waals surface area contributed by atoms with Gasteiger partial charge in [-0.1, -0.05) is 0 Å². The van der Waals surface area contributed by atoms with E-state index in [-0.39, 0.29) is 24.1 Å². The molecule has 0 aromatic carbocycles. The Balaban J connectivity index is 1.07. The fraction of sp³-hybridized carbons (Fsp3) is 0.321. The number of aromatic amines is 1. The van der Waals surface area contributed by atoms with Gasteiger partial charge < -0.3 is 22.1 Å². The summed E-state index contributed by atoms with van der Waals surface area (Å²) in [5.41, 5.74) is 16.8. The van der Waals surface area contributed by atoms with Crippen molar-refractivity contribution in [2.45, 2.75) is 53.0 Å². The van der Waals surface area contributed by atoms with E-state index in [0.717, 1.165) is 40.9 Å². The summed E-state index contributed by atoms with van der Waals surface area (Å²) in [6.45, 7) is 7.52. The predicted octanol–water partition coefficient (Wildman–Crippen LogP) is 2.84. The number of halogens is 3. The normalized spacial score (nSPS) is 11.9. The maximum Gasteiger partial charge on any atom is 0.453 e. The molecule has 0 aliphatic carbocycles. The first-order valence-corrected chi connectivity index (χ1v) is 14.3. The van der Waals surface area contributed by atoms with Crippen molar-refractivity contribution in [2.75, 3.05) is 28.6 Å². The number of fused-ring (bicyclic) bond motifs is 2. The van der Waals surface area contributed by atoms with Crippen LogP contribution >= 0.6 is 0 Å². The summed E-state index contributed by atoms with van der Waals surface area (Å²) in [5.74, 6) is -0.139. The highest BCUT2D eigenvalue weighted by atomic mass is 19.4. The van der Waals surface area contributed by atoms with Crippen molar-refractivity contribution in [3.63, 3.8) is 0 Å². The Morgan fingerprint density at radius 2 is 1.54 bits per heavy atom. The van der Waals surface area contributed by atoms with Gasteiger partial charge in [-0.2, -0.15) is 33.1 Å². The first kappa shape index (κ1) is 30.4. The molecule has 0 saturated carbocycles. The minimum atomic E-state index is -4.65. The van der Waals surface area contributed by atoms with Crippen LogP contribution in [0.5, 0.6) is 0 Å². The zero-order valence-corrected chi connectivity index (χ0v) is 25.2. The summed E-state index contributed by atoms with van der Waals surface area (Å²) in [5, 5.41) is 12.9. The van der Waals surface area contributed by atoms with Crippen LogP contribution in [-0.4, -0.2) is 56.2 Å². The van der Waals surface area contributed by atoms with Crippen LogP contribution in [0.25, 0.3) is 22.1 Å². The molecule has 0 unspecified atom stereocenters. The Labute approximate surface area is 259 Å². The van der Waals surface area contributed by atoms with Crippen LogP contribution in [0, 0.1) is 20.8 Å². The van der Waals surface area contributed by atoms with Gasteiger partial charge in [0.2, 0.25) is 18.2 Å². The number of nitrogens with two attached hydrogens (primary N) is 2. The number of nitrogens with one attached hydrogen (secondary N) is 3. The fourth-order valence-corrected chi connectivity index (χ4v) is 5.14. The van der Waals surface area contributed by atoms with Crippen molar-refractivity contribution in [1.29, 1.82) is 0 Å². The van der Waals surface area contributed by atoms with E-state index in [4.69, 9.17) is 11.5 Å². The molecule has 15 nitrogen and oxygen atoms in total. The van der Waals surface area contributed by atoms with Crippen LogP contribution in [0.1, 0.15) is 40.6 Å². The van der Waals surface area contributed by atoms with Crippen molar-refractivity contribution in [3.05, 3.63) is 65.0 Å². The molecule has 0 amide bonds. The molecule has 0 radical (unpaired) electrons. The minimum absolute atomic E-state index is 0.0293. The Morgan fingerprint density at radius 1 is 0.870 bits per heavy atom. The molecular formula is C28H31F3N15+. The van der Waals surface area contributed by atoms with Gasteiger partial charge in [-0.25, -0.2) is 24.1 Å². The zero-order chi connectivity index (χ0) is 32.6. The van der Waals surface area contributed by atoms with Crippen LogP contribution in [0.3, 0.4) is 0 Å². The Kier molecular flexibility index (Phi) is 7.93. The SMILES string of the molecule is Cc1cc(C)c2c(N)nc(NCCCn3cc[n+](Cc4cc(C)c5c(N)nc(NCc6nc(C(F)(F)F)n[nH]6)nc5n4)c3)nc2n1. The van der Waals surface area contributed by atoms with E-state index >= 15 is 0 Å². The van der Waals surface area contributed by atoms with E-state index in [1.165, 1.54) is 0 Å². The lowest BCUT2D eigenvalue weighted by Gasteiger charge is -2.09. The third-order valence-corrected chi connectivity index (χ3v) is 7.13. The summed E-state index contributed by atoms with van der Waals surface area (Å²) in [6.07, 6.45) is 2.07. The van der Waals surface area contributed by atoms with Gasteiger partial charge in [0.05, 0.1) is 29.6 Å². The number of aromatic nitrogens is 11. The first-order chi connectivity index (χ1) is 21.9. The first-order valence-electron chi connectivity index (χ1n) is 14.3. The monoisotopic (exact) mass is 634 g/mol. The molecule has 0 aliphatic rings. The van der Waals surface area contributed by atoms with Gasteiger partial charge in [-0.3, -0.25) is 5.10 Å². The number of imidazole rings is 1. The van der Waals surface area contributed by atoms with Crippen molar-refractivity contribution >= 4 is 45.6 Å². The van der Waals surface area contributed by atoms with Crippen LogP contribution < -0.4 is 26.7 Å². The van der Waals surface area contributed by atoms with Crippen molar-refractivity contribution < 1.29 is 17.7 Å². The molecule has 0 spiro atoms. The van der Waals surface area contributed by atoms with E-state index in [0.29, 0.717) is 41.5 Å². The quantitative estimate of drug-likeness (QED) is 0.109. The molecule has 6 aromatic heterocycles. The van der Waals surface area contributed by atoms with Crippen LogP contribution in [-0.2, 0) is 25.8 Å². The molecule has 238 valence electrons. The topological polar surface area (TPSA) is 204 Å². The molecule has 18 heteroatoms. The summed E-state index contributed by atoms with van der Waals surface area (Å²) in [6, 6.07) is 3.88. The number of aryl methyl sites for hydroxylation is 4. The Hall–Kier alpha value is -5.68. The number of anilines is 4. The van der Waals surface area contributed by atoms with Crippen LogP contribution in [0.4, 0.5) is 36.7 Å². The molecule has 0 saturated heterocycles. The number of alkyl halides is 3. The van der Waals surface area contributed by atoms with E-state index < -0.39 is 12.0 Å². The zero-order valence-electron chi connectivity index (χ0n) is 25.2. The highest BCUT2D eigenvalue weighted by Crippen LogP contribution is 2.26. The lowest BCUT2D eigenvalue weighted by molar-refractivity contribution is -0.688. The molecule has 6 heterocycles. The molecule has 0 atom stereocenters. The molecule has 46 heavy (non-hydrogen) atoms. The van der Waals surface area contributed by atoms with Gasteiger partial charge in [-0.15, -0.1) is 5.10 Å². The van der Waals surface area contributed by atoms with E-state index in [1.807, 2.05) is 56.2 Å². The van der Waals surface area contributed by atoms with Crippen molar-refractivity contribution in [1.82, 2.24) is 49.7 Å². The molecule has 6 rings (SSSR count). The van der Waals surface area contributed by atoms with Gasteiger partial charge in [0.15, 0.2) is 11.3 Å². The summed E-state index contributed by atoms with van der Waals surface area (Å²) in [4.78, 5) is 30.2. The van der Waals surface area contributed by atoms with Gasteiger partial charge in [0.1, 0.15) is 36.4 Å². The summed E-state index contributed by atoms with van der Waals surface area (Å²) in [7, 11) is 0. The maximum absolute atomic E-state index is 12.8. The highest BCUT2D eigenvalue weighted by Gasteiger charge is 2.36. The minimum Gasteiger partial charge on any atom is -0.383 e. The third-order valence-electron chi connectivity index (χ3n) is 7.13. The standard InChI is InChI=1S/C28H31F3N15/c1-14-9-16(3)36-23-19(14)21(32)39-26(41-23)34-5-4-6-45-7-8-46(13-45)12-17-10-15(2)20-22(33)40-27(42-24(20)37-17)35-11-18-38-25(44-43-18)28(29,30)31/h7-10,13H,4-6,11-12H2,1-3H3,(H,38,43,44)(H3,32,34,36,39,41)(H3,33,35,37,40,42)/q+1. The molecule has 0 fully saturated rings. The Bertz CT molecular complexity index is 2050. The second kappa shape index (κ2) is 12.0. The molecular weight excluding hydrogens is 603 g/mol. The number of pyridine rings is 2. The molecule has 7 N–H and O–H groups in total. The van der Waals surface area contributed by atoms with Crippen molar-refractivity contribution in [3.8, 4) is 0 Å². The number of hydrogen-bond acceptors (Lipinski definition) is 12. The second-order valence-electron chi connectivity index (χ2n) is 10.8. The summed E-state index contributed by atoms with van der Waals surface area (Å²) >= 11 is 0. The molecule has 0 aliphatic heterocycles. The van der Waals surface area contributed by atoms with Gasteiger partial charge in [0.25, 0.3) is 5.82 Å². The average Bonchev–Trinajstić information content (AvgIpc) is 3.63. The van der Waals surface area contributed by atoms with E-state index in [1.54, 1.807) is 0 Å². The van der Waals surface area contributed by atoms with E-state index in [2.05, 4.69) is 60.3 Å². The molecule has 0 bridgehead atoms. The fourth-order valence-electron chi connectivity index (χ4n) is 5.14. The van der Waals surface area contributed by atoms with Gasteiger partial charge in [-0.05, 0) is 44.0 Å². The smallest absolute Gasteiger partial charge is 0.383 e.